The van der Waals surface area contributed by atoms with E-state index in [1.807, 2.05) is 0 Å². The van der Waals surface area contributed by atoms with E-state index < -0.39 is 28.6 Å². The lowest BCUT2D eigenvalue weighted by molar-refractivity contribution is -0.360. The number of ether oxygens (including phenoxy) is 3. The van der Waals surface area contributed by atoms with Gasteiger partial charge in [-0.05, 0) is 30.5 Å². The van der Waals surface area contributed by atoms with Crippen molar-refractivity contribution in [1.29, 1.82) is 21.2 Å². The average molecular weight is 388 g/mol. The Labute approximate surface area is 169 Å². The van der Waals surface area contributed by atoms with Gasteiger partial charge in [-0.1, -0.05) is 31.2 Å². The van der Waals surface area contributed by atoms with Gasteiger partial charge in [-0.3, -0.25) is 5.41 Å². The first-order valence-corrected chi connectivity index (χ1v) is 9.57. The molecule has 1 saturated carbocycles. The van der Waals surface area contributed by atoms with Crippen LogP contribution >= 0.6 is 0 Å². The fourth-order valence-electron chi connectivity index (χ4n) is 5.04. The van der Waals surface area contributed by atoms with Gasteiger partial charge in [-0.15, -0.1) is 0 Å². The van der Waals surface area contributed by atoms with Crippen LogP contribution in [-0.2, 0) is 9.47 Å². The van der Waals surface area contributed by atoms with Crippen LogP contribution in [0, 0.1) is 56.2 Å². The number of fused-ring (bicyclic) bond motifs is 2. The molecule has 3 saturated heterocycles. The molecular weight excluding hydrogens is 368 g/mol. The van der Waals surface area contributed by atoms with E-state index in [0.717, 1.165) is 12.8 Å². The number of benzene rings is 1. The molecule has 1 aromatic rings. The fourth-order valence-corrected chi connectivity index (χ4v) is 5.04. The minimum Gasteiger partial charge on any atom is -0.490 e. The second-order valence-corrected chi connectivity index (χ2v) is 7.66. The second-order valence-electron chi connectivity index (χ2n) is 7.66. The van der Waals surface area contributed by atoms with Crippen LogP contribution in [0.5, 0.6) is 5.75 Å². The molecule has 0 unspecified atom stereocenters. The highest BCUT2D eigenvalue weighted by Crippen LogP contribution is 2.69. The lowest BCUT2D eigenvalue weighted by Crippen LogP contribution is -2.73. The number of nitriles is 3. The molecule has 29 heavy (non-hydrogen) atoms. The zero-order valence-electron chi connectivity index (χ0n) is 15.9. The first-order valence-electron chi connectivity index (χ1n) is 9.57. The summed E-state index contributed by atoms with van der Waals surface area (Å²) in [6, 6.07) is 13.3. The fraction of sp³-hybridized carbons (Fsp3) is 0.455. The van der Waals surface area contributed by atoms with Crippen LogP contribution in [0.25, 0.3) is 0 Å². The van der Waals surface area contributed by atoms with E-state index in [2.05, 4.69) is 24.8 Å². The Bertz CT molecular complexity index is 969. The van der Waals surface area contributed by atoms with Gasteiger partial charge in [0.2, 0.25) is 11.7 Å². The Hall–Kier alpha value is -3.34. The summed E-state index contributed by atoms with van der Waals surface area (Å²) in [6.45, 7) is 3.97. The van der Waals surface area contributed by atoms with Crippen molar-refractivity contribution in [1.82, 2.24) is 0 Å². The first kappa shape index (κ1) is 19.0. The van der Waals surface area contributed by atoms with Gasteiger partial charge in [0.05, 0.1) is 24.1 Å². The minimum absolute atomic E-state index is 0.357. The average Bonchev–Trinajstić information content (AvgIpc) is 2.76. The summed E-state index contributed by atoms with van der Waals surface area (Å²) in [4.78, 5) is 0. The first-order chi connectivity index (χ1) is 14.0. The van der Waals surface area contributed by atoms with E-state index in [1.54, 1.807) is 30.3 Å². The third-order valence-electron chi connectivity index (χ3n) is 6.37. The topological polar surface area (TPSA) is 123 Å². The molecule has 1 N–H and O–H groups in total. The summed E-state index contributed by atoms with van der Waals surface area (Å²) in [5.74, 6) is -1.56. The van der Waals surface area contributed by atoms with Crippen molar-refractivity contribution in [3.8, 4) is 24.0 Å². The quantitative estimate of drug-likeness (QED) is 0.783. The van der Waals surface area contributed by atoms with Crippen LogP contribution in [0.4, 0.5) is 0 Å². The van der Waals surface area contributed by atoms with Crippen LogP contribution in [0.2, 0.25) is 0 Å². The molecule has 0 aromatic heterocycles. The lowest BCUT2D eigenvalue weighted by atomic mass is 9.48. The minimum atomic E-state index is -1.84. The molecule has 1 spiro atoms. The predicted octanol–water partition coefficient (Wildman–Crippen LogP) is 3.76. The van der Waals surface area contributed by atoms with Gasteiger partial charge in [0.15, 0.2) is 10.8 Å². The van der Waals surface area contributed by atoms with Gasteiger partial charge >= 0.3 is 0 Å². The molecule has 0 amide bonds. The number of hydrogen-bond acceptors (Lipinski definition) is 7. The Morgan fingerprint density at radius 1 is 1.17 bits per heavy atom. The van der Waals surface area contributed by atoms with Gasteiger partial charge in [0.25, 0.3) is 0 Å². The third kappa shape index (κ3) is 2.27. The van der Waals surface area contributed by atoms with Crippen molar-refractivity contribution >= 4 is 5.90 Å². The van der Waals surface area contributed by atoms with Crippen molar-refractivity contribution in [3.05, 3.63) is 42.5 Å². The molecule has 7 heteroatoms. The maximum Gasteiger partial charge on any atom is 0.218 e. The predicted molar refractivity (Wildman–Crippen MR) is 101 cm³/mol. The second kappa shape index (κ2) is 6.62. The number of nitrogens with one attached hydrogen (secondary N) is 1. The Balaban J connectivity index is 1.87. The van der Waals surface area contributed by atoms with Crippen LogP contribution in [0.3, 0.4) is 0 Å². The molecule has 3 heterocycles. The molecule has 4 fully saturated rings. The smallest absolute Gasteiger partial charge is 0.218 e. The van der Waals surface area contributed by atoms with Gasteiger partial charge < -0.3 is 14.2 Å². The molecule has 0 radical (unpaired) electrons. The van der Waals surface area contributed by atoms with Crippen LogP contribution in [-0.4, -0.2) is 18.3 Å². The summed E-state index contributed by atoms with van der Waals surface area (Å²) < 4.78 is 17.7. The van der Waals surface area contributed by atoms with Gasteiger partial charge in [0, 0.05) is 6.42 Å². The molecule has 1 aliphatic carbocycles. The third-order valence-corrected chi connectivity index (χ3v) is 6.37. The van der Waals surface area contributed by atoms with Gasteiger partial charge in [-0.2, -0.15) is 15.8 Å². The highest BCUT2D eigenvalue weighted by atomic mass is 16.7. The zero-order valence-corrected chi connectivity index (χ0v) is 15.9. The van der Waals surface area contributed by atoms with Crippen molar-refractivity contribution in [2.45, 2.75) is 37.6 Å². The van der Waals surface area contributed by atoms with E-state index in [-0.39, 0.29) is 5.90 Å². The Morgan fingerprint density at radius 3 is 2.52 bits per heavy atom. The molecule has 5 rings (SSSR count). The summed E-state index contributed by atoms with van der Waals surface area (Å²) in [7, 11) is 0. The van der Waals surface area contributed by atoms with Crippen molar-refractivity contribution < 1.29 is 14.2 Å². The summed E-state index contributed by atoms with van der Waals surface area (Å²) in [6.07, 6.45) is 3.31. The van der Waals surface area contributed by atoms with E-state index in [1.165, 1.54) is 0 Å². The maximum absolute atomic E-state index is 10.2. The number of nitrogens with zero attached hydrogens (tertiary/aromatic N) is 3. The van der Waals surface area contributed by atoms with Crippen LogP contribution < -0.4 is 4.74 Å². The summed E-state index contributed by atoms with van der Waals surface area (Å²) in [5, 5.41) is 39.1. The standard InChI is InChI=1S/C22H20N4O3/c1-2-11-27-16-8-6-15(7-9-16)18-21(14-25)19(26)29-22(28-18)10-4-3-5-17(22)20(21,12-23)13-24/h2,6-9,17-18,26H,1,3-5,10-11H2/t17-,18+,21+,22+/m0/s1. The van der Waals surface area contributed by atoms with Gasteiger partial charge in [-0.25, -0.2) is 0 Å². The van der Waals surface area contributed by atoms with Crippen molar-refractivity contribution in [2.24, 2.45) is 16.7 Å². The van der Waals surface area contributed by atoms with Crippen LogP contribution in [0.15, 0.2) is 36.9 Å². The Kier molecular flexibility index (Phi) is 4.34. The molecule has 4 atom stereocenters. The largest absolute Gasteiger partial charge is 0.490 e. The monoisotopic (exact) mass is 388 g/mol. The van der Waals surface area contributed by atoms with Crippen LogP contribution in [0.1, 0.15) is 37.4 Å². The molecule has 146 valence electrons. The maximum atomic E-state index is 10.2. The highest BCUT2D eigenvalue weighted by Gasteiger charge is 2.80. The zero-order chi connectivity index (χ0) is 20.7. The van der Waals surface area contributed by atoms with E-state index >= 15 is 0 Å². The number of rotatable bonds is 4. The van der Waals surface area contributed by atoms with Crippen molar-refractivity contribution in [3.63, 3.8) is 0 Å². The van der Waals surface area contributed by atoms with E-state index in [9.17, 15) is 15.8 Å². The highest BCUT2D eigenvalue weighted by molar-refractivity contribution is 5.89. The lowest BCUT2D eigenvalue weighted by Gasteiger charge is -2.63. The molecule has 4 aliphatic rings. The molecule has 1 aromatic carbocycles. The Morgan fingerprint density at radius 2 is 1.90 bits per heavy atom. The van der Waals surface area contributed by atoms with Crippen molar-refractivity contribution in [2.75, 3.05) is 6.61 Å². The summed E-state index contributed by atoms with van der Waals surface area (Å²) >= 11 is 0. The molecular formula is C22H20N4O3. The van der Waals surface area contributed by atoms with Gasteiger partial charge in [0.1, 0.15) is 18.5 Å². The molecule has 2 bridgehead atoms. The van der Waals surface area contributed by atoms with E-state index in [4.69, 9.17) is 19.6 Å². The number of hydrogen-bond donors (Lipinski definition) is 1. The SMILES string of the molecule is C=CCOc1ccc([C@H]2O[C@@]34CCCC[C@H]3C(C#N)(C#N)[C@@]2(C#N)C(=N)O4)cc1. The summed E-state index contributed by atoms with van der Waals surface area (Å²) in [5.41, 5.74) is -2.97. The normalized spacial score (nSPS) is 33.9. The molecule has 3 aliphatic heterocycles. The molecule has 7 nitrogen and oxygen atoms in total. The van der Waals surface area contributed by atoms with E-state index in [0.29, 0.717) is 30.8 Å².